The lowest BCUT2D eigenvalue weighted by Crippen LogP contribution is -2.13. The molecule has 0 saturated carbocycles. The molecule has 0 radical (unpaired) electrons. The van der Waals surface area contributed by atoms with Crippen LogP contribution in [0, 0.1) is 0 Å². The number of nitrogens with two attached hydrogens (primary N) is 1. The summed E-state index contributed by atoms with van der Waals surface area (Å²) in [6.07, 6.45) is 2.16. The third-order valence-electron chi connectivity index (χ3n) is 3.84. The molecule has 0 bridgehead atoms. The Balaban J connectivity index is 3.59. The van der Waals surface area contributed by atoms with Crippen LogP contribution in [0.25, 0.3) is 0 Å². The minimum Gasteiger partial charge on any atom is -0.392 e. The highest BCUT2D eigenvalue weighted by molar-refractivity contribution is 5.48. The van der Waals surface area contributed by atoms with Crippen LogP contribution in [0.3, 0.4) is 0 Å². The predicted molar refractivity (Wildman–Crippen MR) is 82.4 cm³/mol. The molecule has 0 spiro atoms. The van der Waals surface area contributed by atoms with Gasteiger partial charge in [0.2, 0.25) is 0 Å². The van der Waals surface area contributed by atoms with Crippen LogP contribution in [0.1, 0.15) is 80.7 Å². The molecule has 0 aliphatic rings. The first kappa shape index (κ1) is 16.2. The molecule has 0 heterocycles. The van der Waals surface area contributed by atoms with Gasteiger partial charge >= 0.3 is 0 Å². The average Bonchev–Trinajstić information content (AvgIpc) is 2.37. The standard InChI is InChI=1S/C17H29NO/c1-6-7-13-14(11(2)3)8-15(12(4)5)17(10-19)16(13)9-18/h8,11-12,19H,6-7,9-10,18H2,1-5H3. The van der Waals surface area contributed by atoms with E-state index in [0.717, 1.165) is 18.4 Å². The third kappa shape index (κ3) is 3.37. The zero-order valence-corrected chi connectivity index (χ0v) is 13.1. The highest BCUT2D eigenvalue weighted by Crippen LogP contribution is 2.33. The van der Waals surface area contributed by atoms with Gasteiger partial charge in [-0.25, -0.2) is 0 Å². The van der Waals surface area contributed by atoms with Crippen LogP contribution < -0.4 is 5.73 Å². The van der Waals surface area contributed by atoms with Gasteiger partial charge in [0.05, 0.1) is 6.61 Å². The van der Waals surface area contributed by atoms with E-state index in [2.05, 4.69) is 40.7 Å². The molecule has 1 aromatic carbocycles. The van der Waals surface area contributed by atoms with E-state index in [4.69, 9.17) is 5.73 Å². The second-order valence-electron chi connectivity index (χ2n) is 5.91. The van der Waals surface area contributed by atoms with Crippen LogP contribution >= 0.6 is 0 Å². The maximum Gasteiger partial charge on any atom is 0.0687 e. The Hall–Kier alpha value is -0.860. The van der Waals surface area contributed by atoms with Gasteiger partial charge in [-0.3, -0.25) is 0 Å². The summed E-state index contributed by atoms with van der Waals surface area (Å²) >= 11 is 0. The first-order chi connectivity index (χ1) is 8.97. The number of hydrogen-bond donors (Lipinski definition) is 2. The van der Waals surface area contributed by atoms with E-state index in [-0.39, 0.29) is 6.61 Å². The van der Waals surface area contributed by atoms with Crippen molar-refractivity contribution in [3.05, 3.63) is 33.9 Å². The van der Waals surface area contributed by atoms with Crippen molar-refractivity contribution in [2.45, 2.75) is 72.4 Å². The largest absolute Gasteiger partial charge is 0.392 e. The lowest BCUT2D eigenvalue weighted by Gasteiger charge is -2.24. The van der Waals surface area contributed by atoms with Gasteiger partial charge in [-0.05, 0) is 46.1 Å². The van der Waals surface area contributed by atoms with Gasteiger partial charge in [0.1, 0.15) is 0 Å². The first-order valence-electron chi connectivity index (χ1n) is 7.46. The van der Waals surface area contributed by atoms with E-state index in [0.29, 0.717) is 18.4 Å². The Morgan fingerprint density at radius 2 is 1.53 bits per heavy atom. The molecule has 0 unspecified atom stereocenters. The fourth-order valence-corrected chi connectivity index (χ4v) is 2.88. The molecule has 2 heteroatoms. The summed E-state index contributed by atoms with van der Waals surface area (Å²) in [5.74, 6) is 0.915. The van der Waals surface area contributed by atoms with Crippen LogP contribution in [0.2, 0.25) is 0 Å². The fraction of sp³-hybridized carbons (Fsp3) is 0.647. The monoisotopic (exact) mass is 263 g/mol. The van der Waals surface area contributed by atoms with Crippen molar-refractivity contribution in [2.75, 3.05) is 0 Å². The second kappa shape index (κ2) is 7.06. The third-order valence-corrected chi connectivity index (χ3v) is 3.84. The average molecular weight is 263 g/mol. The molecule has 108 valence electrons. The summed E-state index contributed by atoms with van der Waals surface area (Å²) in [5.41, 5.74) is 12.3. The molecule has 19 heavy (non-hydrogen) atoms. The Morgan fingerprint density at radius 3 is 1.89 bits per heavy atom. The molecular formula is C17H29NO. The first-order valence-corrected chi connectivity index (χ1v) is 7.46. The summed E-state index contributed by atoms with van der Waals surface area (Å²) in [6.45, 7) is 11.6. The topological polar surface area (TPSA) is 46.2 Å². The maximum atomic E-state index is 9.75. The molecule has 0 saturated heterocycles. The number of rotatable bonds is 6. The van der Waals surface area contributed by atoms with Crippen molar-refractivity contribution in [2.24, 2.45) is 5.73 Å². The van der Waals surface area contributed by atoms with Crippen molar-refractivity contribution >= 4 is 0 Å². The van der Waals surface area contributed by atoms with Crippen molar-refractivity contribution in [1.82, 2.24) is 0 Å². The maximum absolute atomic E-state index is 9.75. The van der Waals surface area contributed by atoms with Gasteiger partial charge in [0.25, 0.3) is 0 Å². The molecule has 0 aliphatic heterocycles. The summed E-state index contributed by atoms with van der Waals surface area (Å²) < 4.78 is 0. The van der Waals surface area contributed by atoms with Crippen LogP contribution in [0.15, 0.2) is 6.07 Å². The van der Waals surface area contributed by atoms with Crippen LogP contribution in [0.4, 0.5) is 0 Å². The van der Waals surface area contributed by atoms with Crippen molar-refractivity contribution in [3.63, 3.8) is 0 Å². The molecule has 1 aromatic rings. The van der Waals surface area contributed by atoms with Crippen LogP contribution in [0.5, 0.6) is 0 Å². The zero-order chi connectivity index (χ0) is 14.6. The minimum absolute atomic E-state index is 0.0924. The Kier molecular flexibility index (Phi) is 6.02. The smallest absolute Gasteiger partial charge is 0.0687 e. The Morgan fingerprint density at radius 1 is 1.00 bits per heavy atom. The predicted octanol–water partition coefficient (Wildman–Crippen LogP) is 3.84. The molecule has 0 atom stereocenters. The lowest BCUT2D eigenvalue weighted by atomic mass is 9.82. The molecule has 3 N–H and O–H groups in total. The highest BCUT2D eigenvalue weighted by Gasteiger charge is 2.19. The van der Waals surface area contributed by atoms with Crippen LogP contribution in [-0.2, 0) is 19.6 Å². The summed E-state index contributed by atoms with van der Waals surface area (Å²) in [5, 5.41) is 9.75. The Labute approximate surface area is 118 Å². The lowest BCUT2D eigenvalue weighted by molar-refractivity contribution is 0.278. The number of aliphatic hydroxyl groups excluding tert-OH is 1. The molecule has 1 rings (SSSR count). The van der Waals surface area contributed by atoms with Gasteiger partial charge in [0.15, 0.2) is 0 Å². The van der Waals surface area contributed by atoms with Crippen molar-refractivity contribution in [3.8, 4) is 0 Å². The fourth-order valence-electron chi connectivity index (χ4n) is 2.88. The van der Waals surface area contributed by atoms with Gasteiger partial charge in [-0.15, -0.1) is 0 Å². The van der Waals surface area contributed by atoms with Gasteiger partial charge in [-0.1, -0.05) is 47.1 Å². The molecule has 0 fully saturated rings. The number of aliphatic hydroxyl groups is 1. The van der Waals surface area contributed by atoms with Gasteiger partial charge in [0, 0.05) is 6.54 Å². The van der Waals surface area contributed by atoms with E-state index >= 15 is 0 Å². The van der Waals surface area contributed by atoms with Crippen LogP contribution in [-0.4, -0.2) is 5.11 Å². The molecule has 2 nitrogen and oxygen atoms in total. The highest BCUT2D eigenvalue weighted by atomic mass is 16.3. The van der Waals surface area contributed by atoms with Crippen molar-refractivity contribution < 1.29 is 5.11 Å². The molecule has 0 aromatic heterocycles. The van der Waals surface area contributed by atoms with Crippen molar-refractivity contribution in [1.29, 1.82) is 0 Å². The summed E-state index contributed by atoms with van der Waals surface area (Å²) in [4.78, 5) is 0. The Bertz CT molecular complexity index is 422. The molecule has 0 amide bonds. The van der Waals surface area contributed by atoms with E-state index in [1.807, 2.05) is 0 Å². The summed E-state index contributed by atoms with van der Waals surface area (Å²) in [6, 6.07) is 2.30. The normalized spacial score (nSPS) is 11.6. The van der Waals surface area contributed by atoms with Gasteiger partial charge in [-0.2, -0.15) is 0 Å². The number of benzene rings is 1. The van der Waals surface area contributed by atoms with E-state index in [1.165, 1.54) is 22.3 Å². The quantitative estimate of drug-likeness (QED) is 0.819. The molecule has 0 aliphatic carbocycles. The second-order valence-corrected chi connectivity index (χ2v) is 5.91. The van der Waals surface area contributed by atoms with Gasteiger partial charge < -0.3 is 10.8 Å². The minimum atomic E-state index is 0.0924. The van der Waals surface area contributed by atoms with E-state index in [1.54, 1.807) is 0 Å². The summed E-state index contributed by atoms with van der Waals surface area (Å²) in [7, 11) is 0. The molecular weight excluding hydrogens is 234 g/mol. The van der Waals surface area contributed by atoms with E-state index in [9.17, 15) is 5.11 Å². The van der Waals surface area contributed by atoms with E-state index < -0.39 is 0 Å². The number of hydrogen-bond acceptors (Lipinski definition) is 2. The zero-order valence-electron chi connectivity index (χ0n) is 13.1. The SMILES string of the molecule is CCCc1c(C(C)C)cc(C(C)C)c(CO)c1CN.